The number of aromatic nitrogens is 2. The van der Waals surface area contributed by atoms with Crippen LogP contribution in [0.3, 0.4) is 0 Å². The predicted molar refractivity (Wildman–Crippen MR) is 94.0 cm³/mol. The molecule has 0 spiro atoms. The van der Waals surface area contributed by atoms with Crippen LogP contribution < -0.4 is 10.9 Å². The number of aryl methyl sites for hydroxylation is 2. The van der Waals surface area contributed by atoms with Crippen LogP contribution in [0, 0.1) is 6.92 Å². The monoisotopic (exact) mass is 331 g/mol. The molecule has 23 heavy (non-hydrogen) atoms. The number of amides is 1. The molecule has 1 aromatic carbocycles. The first-order chi connectivity index (χ1) is 11.0. The van der Waals surface area contributed by atoms with Gasteiger partial charge in [0.2, 0.25) is 5.91 Å². The standard InChI is InChI=1S/C17H21N3O2S/c1-4-6-13-10-15(21)20-17(19-13)23-12(3)16(22)18-14-8-5-7-11(2)9-14/h5,7-10,12H,4,6H2,1-3H3,(H,18,22)(H,19,20,21). The molecule has 1 aromatic heterocycles. The lowest BCUT2D eigenvalue weighted by Gasteiger charge is -2.12. The maximum absolute atomic E-state index is 12.3. The maximum atomic E-state index is 12.3. The van der Waals surface area contributed by atoms with Gasteiger partial charge in [0.05, 0.1) is 5.25 Å². The number of benzene rings is 1. The molecule has 1 heterocycles. The van der Waals surface area contributed by atoms with Crippen LogP contribution in [-0.2, 0) is 11.2 Å². The van der Waals surface area contributed by atoms with Crippen molar-refractivity contribution in [2.45, 2.75) is 44.0 Å². The highest BCUT2D eigenvalue weighted by atomic mass is 32.2. The van der Waals surface area contributed by atoms with E-state index >= 15 is 0 Å². The number of carbonyl (C=O) groups excluding carboxylic acids is 1. The van der Waals surface area contributed by atoms with Crippen molar-refractivity contribution in [1.82, 2.24) is 9.97 Å². The van der Waals surface area contributed by atoms with Gasteiger partial charge in [-0.1, -0.05) is 37.2 Å². The zero-order valence-electron chi connectivity index (χ0n) is 13.6. The van der Waals surface area contributed by atoms with E-state index in [-0.39, 0.29) is 16.7 Å². The van der Waals surface area contributed by atoms with E-state index in [1.165, 1.54) is 17.8 Å². The van der Waals surface area contributed by atoms with E-state index < -0.39 is 0 Å². The second kappa shape index (κ2) is 7.97. The van der Waals surface area contributed by atoms with Crippen molar-refractivity contribution in [3.05, 3.63) is 51.9 Å². The molecule has 122 valence electrons. The van der Waals surface area contributed by atoms with E-state index in [2.05, 4.69) is 15.3 Å². The van der Waals surface area contributed by atoms with Gasteiger partial charge in [-0.3, -0.25) is 9.59 Å². The number of thioether (sulfide) groups is 1. The molecule has 5 nitrogen and oxygen atoms in total. The number of anilines is 1. The van der Waals surface area contributed by atoms with Gasteiger partial charge in [0.15, 0.2) is 5.16 Å². The second-order valence-electron chi connectivity index (χ2n) is 5.41. The zero-order valence-corrected chi connectivity index (χ0v) is 14.4. The first-order valence-corrected chi connectivity index (χ1v) is 8.50. The minimum Gasteiger partial charge on any atom is -0.325 e. The van der Waals surface area contributed by atoms with Crippen LogP contribution >= 0.6 is 11.8 Å². The molecule has 2 N–H and O–H groups in total. The van der Waals surface area contributed by atoms with Crippen molar-refractivity contribution in [2.75, 3.05) is 5.32 Å². The van der Waals surface area contributed by atoms with Gasteiger partial charge >= 0.3 is 0 Å². The molecule has 0 radical (unpaired) electrons. The quantitative estimate of drug-likeness (QED) is 0.630. The Morgan fingerprint density at radius 1 is 1.39 bits per heavy atom. The third kappa shape index (κ3) is 5.25. The topological polar surface area (TPSA) is 74.8 Å². The van der Waals surface area contributed by atoms with E-state index in [0.29, 0.717) is 5.16 Å². The summed E-state index contributed by atoms with van der Waals surface area (Å²) < 4.78 is 0. The predicted octanol–water partition coefficient (Wildman–Crippen LogP) is 3.15. The summed E-state index contributed by atoms with van der Waals surface area (Å²) in [6.45, 7) is 5.80. The molecule has 2 aromatic rings. The fourth-order valence-corrected chi connectivity index (χ4v) is 2.94. The first kappa shape index (κ1) is 17.3. The minimum absolute atomic E-state index is 0.121. The van der Waals surface area contributed by atoms with Crippen LogP contribution in [0.2, 0.25) is 0 Å². The van der Waals surface area contributed by atoms with Crippen molar-refractivity contribution in [3.63, 3.8) is 0 Å². The second-order valence-corrected chi connectivity index (χ2v) is 6.74. The Morgan fingerprint density at radius 3 is 2.87 bits per heavy atom. The smallest absolute Gasteiger partial charge is 0.251 e. The molecule has 0 fully saturated rings. The van der Waals surface area contributed by atoms with Crippen LogP contribution in [-0.4, -0.2) is 21.1 Å². The summed E-state index contributed by atoms with van der Waals surface area (Å²) in [4.78, 5) is 31.0. The molecule has 0 saturated heterocycles. The van der Waals surface area contributed by atoms with Gasteiger partial charge in [-0.25, -0.2) is 4.98 Å². The molecular formula is C17H21N3O2S. The molecule has 0 saturated carbocycles. The number of H-pyrrole nitrogens is 1. The van der Waals surface area contributed by atoms with Gasteiger partial charge < -0.3 is 10.3 Å². The lowest BCUT2D eigenvalue weighted by molar-refractivity contribution is -0.115. The Labute approximate surface area is 139 Å². The van der Waals surface area contributed by atoms with Gasteiger partial charge in [0.1, 0.15) is 0 Å². The molecule has 1 unspecified atom stereocenters. The average molecular weight is 331 g/mol. The van der Waals surface area contributed by atoms with E-state index in [1.54, 1.807) is 6.92 Å². The van der Waals surface area contributed by atoms with Crippen molar-refractivity contribution in [1.29, 1.82) is 0 Å². The SMILES string of the molecule is CCCc1cc(=O)[nH]c(SC(C)C(=O)Nc2cccc(C)c2)n1. The fraction of sp³-hybridized carbons (Fsp3) is 0.353. The summed E-state index contributed by atoms with van der Waals surface area (Å²) >= 11 is 1.25. The van der Waals surface area contributed by atoms with Crippen molar-refractivity contribution < 1.29 is 4.79 Å². The van der Waals surface area contributed by atoms with E-state index in [0.717, 1.165) is 29.8 Å². The largest absolute Gasteiger partial charge is 0.325 e. The molecule has 0 aliphatic carbocycles. The number of rotatable bonds is 6. The summed E-state index contributed by atoms with van der Waals surface area (Å²) in [5.74, 6) is -0.121. The highest BCUT2D eigenvalue weighted by Gasteiger charge is 2.16. The number of aromatic amines is 1. The summed E-state index contributed by atoms with van der Waals surface area (Å²) in [5.41, 5.74) is 2.42. The lowest BCUT2D eigenvalue weighted by Crippen LogP contribution is -2.23. The highest BCUT2D eigenvalue weighted by molar-refractivity contribution is 8.00. The van der Waals surface area contributed by atoms with Crippen LogP contribution in [0.25, 0.3) is 0 Å². The number of carbonyl (C=O) groups is 1. The first-order valence-electron chi connectivity index (χ1n) is 7.62. The van der Waals surface area contributed by atoms with Crippen molar-refractivity contribution >= 4 is 23.4 Å². The van der Waals surface area contributed by atoms with Crippen LogP contribution in [0.1, 0.15) is 31.5 Å². The Balaban J connectivity index is 2.04. The van der Waals surface area contributed by atoms with Gasteiger partial charge in [0, 0.05) is 17.4 Å². The minimum atomic E-state index is -0.365. The molecule has 1 atom stereocenters. The third-order valence-corrected chi connectivity index (χ3v) is 4.21. The lowest BCUT2D eigenvalue weighted by atomic mass is 10.2. The average Bonchev–Trinajstić information content (AvgIpc) is 2.46. The molecule has 6 heteroatoms. The Bertz CT molecular complexity index is 743. The Kier molecular flexibility index (Phi) is 5.98. The number of nitrogens with one attached hydrogen (secondary N) is 2. The van der Waals surface area contributed by atoms with Crippen LogP contribution in [0.4, 0.5) is 5.69 Å². The molecular weight excluding hydrogens is 310 g/mol. The highest BCUT2D eigenvalue weighted by Crippen LogP contribution is 2.20. The molecule has 1 amide bonds. The van der Waals surface area contributed by atoms with Gasteiger partial charge in [-0.15, -0.1) is 0 Å². The fourth-order valence-electron chi connectivity index (χ4n) is 2.11. The van der Waals surface area contributed by atoms with Crippen LogP contribution in [0.15, 0.2) is 40.3 Å². The summed E-state index contributed by atoms with van der Waals surface area (Å²) in [7, 11) is 0. The molecule has 0 aliphatic rings. The molecule has 0 bridgehead atoms. The van der Waals surface area contributed by atoms with E-state index in [9.17, 15) is 9.59 Å². The normalized spacial score (nSPS) is 12.0. The Hall–Kier alpha value is -2.08. The van der Waals surface area contributed by atoms with Gasteiger partial charge in [-0.05, 0) is 38.0 Å². The zero-order chi connectivity index (χ0) is 16.8. The van der Waals surface area contributed by atoms with Gasteiger partial charge in [-0.2, -0.15) is 0 Å². The number of hydrogen-bond donors (Lipinski definition) is 2. The van der Waals surface area contributed by atoms with Gasteiger partial charge in [0.25, 0.3) is 5.56 Å². The molecule has 0 aliphatic heterocycles. The maximum Gasteiger partial charge on any atom is 0.251 e. The van der Waals surface area contributed by atoms with E-state index in [1.807, 2.05) is 38.1 Å². The number of nitrogens with zero attached hydrogens (tertiary/aromatic N) is 1. The van der Waals surface area contributed by atoms with Crippen molar-refractivity contribution in [3.8, 4) is 0 Å². The molecule has 2 rings (SSSR count). The third-order valence-electron chi connectivity index (χ3n) is 3.22. The van der Waals surface area contributed by atoms with Crippen molar-refractivity contribution in [2.24, 2.45) is 0 Å². The summed E-state index contributed by atoms with van der Waals surface area (Å²) in [5, 5.41) is 2.99. The number of hydrogen-bond acceptors (Lipinski definition) is 4. The summed E-state index contributed by atoms with van der Waals surface area (Å²) in [6, 6.07) is 9.14. The van der Waals surface area contributed by atoms with E-state index in [4.69, 9.17) is 0 Å². The summed E-state index contributed by atoms with van der Waals surface area (Å²) in [6.07, 6.45) is 1.67. The van der Waals surface area contributed by atoms with Crippen LogP contribution in [0.5, 0.6) is 0 Å². The Morgan fingerprint density at radius 2 is 2.17 bits per heavy atom.